The number of piperidine rings is 1. The van der Waals surface area contributed by atoms with Gasteiger partial charge in [-0.15, -0.1) is 11.6 Å². The van der Waals surface area contributed by atoms with E-state index < -0.39 is 0 Å². The van der Waals surface area contributed by atoms with Crippen LogP contribution < -0.4 is 9.47 Å². The molecule has 1 aromatic rings. The Morgan fingerprint density at radius 3 is 2.16 bits per heavy atom. The molecule has 4 nitrogen and oxygen atoms in total. The van der Waals surface area contributed by atoms with E-state index >= 15 is 0 Å². The van der Waals surface area contributed by atoms with Crippen LogP contribution in [0.5, 0.6) is 11.5 Å². The van der Waals surface area contributed by atoms with Crippen LogP contribution in [-0.4, -0.2) is 43.5 Å². The van der Waals surface area contributed by atoms with E-state index in [0.29, 0.717) is 30.2 Å². The fraction of sp³-hybridized carbons (Fsp3) is 0.500. The molecule has 1 amide bonds. The number of carbonyl (C=O) groups excluding carboxylic acids is 1. The van der Waals surface area contributed by atoms with Crippen LogP contribution in [0, 0.1) is 0 Å². The number of methoxy groups -OCH3 is 2. The molecular formula is C14H18ClNO3. The van der Waals surface area contributed by atoms with Gasteiger partial charge in [-0.25, -0.2) is 0 Å². The maximum Gasteiger partial charge on any atom is 0.254 e. The summed E-state index contributed by atoms with van der Waals surface area (Å²) >= 11 is 6.05. The van der Waals surface area contributed by atoms with Crippen LogP contribution in [0.15, 0.2) is 18.2 Å². The van der Waals surface area contributed by atoms with Crippen molar-refractivity contribution < 1.29 is 14.3 Å². The fourth-order valence-electron chi connectivity index (χ4n) is 2.16. The number of alkyl halides is 1. The fourth-order valence-corrected chi connectivity index (χ4v) is 2.36. The Kier molecular flexibility index (Phi) is 4.53. The predicted molar refractivity (Wildman–Crippen MR) is 74.3 cm³/mol. The monoisotopic (exact) mass is 283 g/mol. The van der Waals surface area contributed by atoms with Crippen LogP contribution in [0.3, 0.4) is 0 Å². The van der Waals surface area contributed by atoms with Gasteiger partial charge in [0.1, 0.15) is 11.5 Å². The van der Waals surface area contributed by atoms with E-state index in [2.05, 4.69) is 0 Å². The first kappa shape index (κ1) is 14.0. The zero-order valence-corrected chi connectivity index (χ0v) is 11.9. The summed E-state index contributed by atoms with van der Waals surface area (Å²) in [7, 11) is 3.14. The number of hydrogen-bond donors (Lipinski definition) is 0. The van der Waals surface area contributed by atoms with Crippen molar-refractivity contribution in [3.63, 3.8) is 0 Å². The van der Waals surface area contributed by atoms with Crippen LogP contribution in [0.4, 0.5) is 0 Å². The zero-order chi connectivity index (χ0) is 13.8. The molecule has 1 heterocycles. The Morgan fingerprint density at radius 2 is 1.68 bits per heavy atom. The van der Waals surface area contributed by atoms with Crippen molar-refractivity contribution in [1.82, 2.24) is 4.90 Å². The average Bonchev–Trinajstić information content (AvgIpc) is 2.46. The second-order valence-corrected chi connectivity index (χ2v) is 5.19. The van der Waals surface area contributed by atoms with Crippen molar-refractivity contribution in [2.45, 2.75) is 18.2 Å². The van der Waals surface area contributed by atoms with Crippen LogP contribution in [0.2, 0.25) is 0 Å². The summed E-state index contributed by atoms with van der Waals surface area (Å²) in [6.45, 7) is 1.40. The first-order valence-corrected chi connectivity index (χ1v) is 6.74. The van der Waals surface area contributed by atoms with Crippen LogP contribution in [0.25, 0.3) is 0 Å². The van der Waals surface area contributed by atoms with Crippen molar-refractivity contribution in [3.05, 3.63) is 23.8 Å². The molecule has 1 fully saturated rings. The van der Waals surface area contributed by atoms with Crippen LogP contribution >= 0.6 is 11.6 Å². The molecule has 0 unspecified atom stereocenters. The lowest BCUT2D eigenvalue weighted by molar-refractivity contribution is 0.0725. The lowest BCUT2D eigenvalue weighted by atomic mass is 10.1. The molecule has 1 aliphatic heterocycles. The number of rotatable bonds is 3. The Bertz CT molecular complexity index is 434. The van der Waals surface area contributed by atoms with Gasteiger partial charge >= 0.3 is 0 Å². The molecule has 0 radical (unpaired) electrons. The van der Waals surface area contributed by atoms with Crippen LogP contribution in [0.1, 0.15) is 23.2 Å². The van der Waals surface area contributed by atoms with Gasteiger partial charge in [-0.1, -0.05) is 0 Å². The first-order chi connectivity index (χ1) is 9.13. The minimum atomic E-state index is 0.000710. The third-order valence-corrected chi connectivity index (χ3v) is 3.75. The molecule has 1 aliphatic rings. The number of ether oxygens (including phenoxy) is 2. The molecule has 0 aromatic heterocycles. The SMILES string of the molecule is COc1cc(OC)cc(C(=O)N2CCC(Cl)CC2)c1. The summed E-state index contributed by atoms with van der Waals surface area (Å²) in [6.07, 6.45) is 1.68. The highest BCUT2D eigenvalue weighted by Crippen LogP contribution is 2.25. The Balaban J connectivity index is 2.18. The van der Waals surface area contributed by atoms with E-state index in [-0.39, 0.29) is 11.3 Å². The van der Waals surface area contributed by atoms with Crippen molar-refractivity contribution in [3.8, 4) is 11.5 Å². The van der Waals surface area contributed by atoms with E-state index in [9.17, 15) is 4.79 Å². The zero-order valence-electron chi connectivity index (χ0n) is 11.2. The number of benzene rings is 1. The molecule has 104 valence electrons. The molecular weight excluding hydrogens is 266 g/mol. The second kappa shape index (κ2) is 6.15. The highest BCUT2D eigenvalue weighted by molar-refractivity contribution is 6.20. The van der Waals surface area contributed by atoms with Gasteiger partial charge in [0.25, 0.3) is 5.91 Å². The summed E-state index contributed by atoms with van der Waals surface area (Å²) in [6, 6.07) is 5.22. The number of hydrogen-bond acceptors (Lipinski definition) is 3. The summed E-state index contributed by atoms with van der Waals surface area (Å²) in [4.78, 5) is 14.2. The minimum Gasteiger partial charge on any atom is -0.497 e. The second-order valence-electron chi connectivity index (χ2n) is 4.57. The standard InChI is InChI=1S/C14H18ClNO3/c1-18-12-7-10(8-13(9-12)19-2)14(17)16-5-3-11(15)4-6-16/h7-9,11H,3-6H2,1-2H3. The van der Waals surface area contributed by atoms with Crippen molar-refractivity contribution >= 4 is 17.5 Å². The van der Waals surface area contributed by atoms with Crippen molar-refractivity contribution in [1.29, 1.82) is 0 Å². The highest BCUT2D eigenvalue weighted by atomic mass is 35.5. The summed E-state index contributed by atoms with van der Waals surface area (Å²) < 4.78 is 10.4. The van der Waals surface area contributed by atoms with Gasteiger partial charge in [-0.3, -0.25) is 4.79 Å². The summed E-state index contributed by atoms with van der Waals surface area (Å²) in [5, 5.41) is 0.184. The lowest BCUT2D eigenvalue weighted by Crippen LogP contribution is -2.38. The smallest absolute Gasteiger partial charge is 0.254 e. The molecule has 1 aromatic carbocycles. The van der Waals surface area contributed by atoms with Gasteiger partial charge in [0.05, 0.1) is 14.2 Å². The van der Waals surface area contributed by atoms with Crippen molar-refractivity contribution in [2.24, 2.45) is 0 Å². The largest absolute Gasteiger partial charge is 0.497 e. The maximum atomic E-state index is 12.4. The van der Waals surface area contributed by atoms with Gasteiger partial charge in [0.2, 0.25) is 0 Å². The number of likely N-dealkylation sites (tertiary alicyclic amines) is 1. The molecule has 0 aliphatic carbocycles. The van der Waals surface area contributed by atoms with Gasteiger partial charge in [0.15, 0.2) is 0 Å². The van der Waals surface area contributed by atoms with Crippen molar-refractivity contribution in [2.75, 3.05) is 27.3 Å². The minimum absolute atomic E-state index is 0.000710. The Hall–Kier alpha value is -1.42. The third-order valence-electron chi connectivity index (χ3n) is 3.31. The van der Waals surface area contributed by atoms with Gasteiger partial charge < -0.3 is 14.4 Å². The molecule has 19 heavy (non-hydrogen) atoms. The molecule has 1 saturated heterocycles. The summed E-state index contributed by atoms with van der Waals surface area (Å²) in [5.41, 5.74) is 0.587. The normalized spacial score (nSPS) is 16.3. The van der Waals surface area contributed by atoms with Gasteiger partial charge in [0, 0.05) is 30.1 Å². The van der Waals surface area contributed by atoms with E-state index in [1.54, 1.807) is 32.4 Å². The Morgan fingerprint density at radius 1 is 1.16 bits per heavy atom. The molecule has 0 saturated carbocycles. The molecule has 0 N–H and O–H groups in total. The van der Waals surface area contributed by atoms with Gasteiger partial charge in [-0.2, -0.15) is 0 Å². The first-order valence-electron chi connectivity index (χ1n) is 6.30. The molecule has 0 spiro atoms. The molecule has 0 atom stereocenters. The number of carbonyl (C=O) groups is 1. The number of nitrogens with zero attached hydrogens (tertiary/aromatic N) is 1. The average molecular weight is 284 g/mol. The quantitative estimate of drug-likeness (QED) is 0.800. The summed E-state index contributed by atoms with van der Waals surface area (Å²) in [5.74, 6) is 1.24. The topological polar surface area (TPSA) is 38.8 Å². The lowest BCUT2D eigenvalue weighted by Gasteiger charge is -2.29. The third kappa shape index (κ3) is 3.32. The molecule has 0 bridgehead atoms. The molecule has 5 heteroatoms. The highest BCUT2D eigenvalue weighted by Gasteiger charge is 2.23. The molecule has 2 rings (SSSR count). The predicted octanol–water partition coefficient (Wildman–Crippen LogP) is 2.55. The van der Waals surface area contributed by atoms with E-state index in [4.69, 9.17) is 21.1 Å². The number of amides is 1. The Labute approximate surface area is 118 Å². The maximum absolute atomic E-state index is 12.4. The van der Waals surface area contributed by atoms with Gasteiger partial charge in [-0.05, 0) is 25.0 Å². The van der Waals surface area contributed by atoms with E-state index in [1.807, 2.05) is 4.90 Å². The van der Waals surface area contributed by atoms with E-state index in [0.717, 1.165) is 12.8 Å². The number of halogens is 1. The van der Waals surface area contributed by atoms with Crippen LogP contribution in [-0.2, 0) is 0 Å². The van der Waals surface area contributed by atoms with E-state index in [1.165, 1.54) is 0 Å².